The highest BCUT2D eigenvalue weighted by atomic mass is 35.5. The lowest BCUT2D eigenvalue weighted by Crippen LogP contribution is -2.37. The van der Waals surface area contributed by atoms with E-state index in [1.165, 1.54) is 6.42 Å². The van der Waals surface area contributed by atoms with E-state index in [-0.39, 0.29) is 0 Å². The first-order valence-corrected chi connectivity index (χ1v) is 8.35. The second-order valence-corrected chi connectivity index (χ2v) is 6.42. The van der Waals surface area contributed by atoms with Crippen LogP contribution in [-0.2, 0) is 6.54 Å². The van der Waals surface area contributed by atoms with Gasteiger partial charge in [-0.1, -0.05) is 43.9 Å². The summed E-state index contributed by atoms with van der Waals surface area (Å²) >= 11 is 6.27. The maximum absolute atomic E-state index is 10.4. The summed E-state index contributed by atoms with van der Waals surface area (Å²) in [6, 6.07) is 5.86. The van der Waals surface area contributed by atoms with Gasteiger partial charge in [0.1, 0.15) is 12.4 Å². The number of aliphatic hydroxyl groups is 1. The van der Waals surface area contributed by atoms with Crippen LogP contribution in [0.4, 0.5) is 0 Å². The van der Waals surface area contributed by atoms with Gasteiger partial charge in [-0.2, -0.15) is 0 Å². The third-order valence-electron chi connectivity index (χ3n) is 4.03. The Hall–Kier alpha value is -0.770. The van der Waals surface area contributed by atoms with Crippen LogP contribution in [0.2, 0.25) is 5.02 Å². The van der Waals surface area contributed by atoms with Crippen LogP contribution in [-0.4, -0.2) is 23.9 Å². The molecule has 21 heavy (non-hydrogen) atoms. The van der Waals surface area contributed by atoms with E-state index in [1.54, 1.807) is 0 Å². The first-order chi connectivity index (χ1) is 10.1. The van der Waals surface area contributed by atoms with Crippen molar-refractivity contribution in [1.82, 2.24) is 5.32 Å². The minimum atomic E-state index is -0.678. The second-order valence-electron chi connectivity index (χ2n) is 6.02. The number of ether oxygens (including phenoxy) is 1. The van der Waals surface area contributed by atoms with Crippen molar-refractivity contribution in [3.63, 3.8) is 0 Å². The molecule has 4 heteroatoms. The number of rotatable bonds is 7. The number of halogens is 1. The van der Waals surface area contributed by atoms with Gasteiger partial charge >= 0.3 is 0 Å². The fraction of sp³-hybridized carbons (Fsp3) is 0.647. The summed E-state index contributed by atoms with van der Waals surface area (Å²) in [4.78, 5) is 0. The van der Waals surface area contributed by atoms with Gasteiger partial charge in [-0.25, -0.2) is 0 Å². The normalized spacial score (nSPS) is 17.7. The van der Waals surface area contributed by atoms with E-state index < -0.39 is 5.60 Å². The van der Waals surface area contributed by atoms with Crippen molar-refractivity contribution >= 4 is 11.6 Å². The number of benzene rings is 1. The van der Waals surface area contributed by atoms with Gasteiger partial charge in [-0.05, 0) is 43.5 Å². The van der Waals surface area contributed by atoms with Crippen molar-refractivity contribution in [3.05, 3.63) is 28.8 Å². The smallest absolute Gasteiger partial charge is 0.138 e. The van der Waals surface area contributed by atoms with E-state index in [2.05, 4.69) is 12.2 Å². The topological polar surface area (TPSA) is 41.5 Å². The van der Waals surface area contributed by atoms with Crippen molar-refractivity contribution in [2.24, 2.45) is 0 Å². The average Bonchev–Trinajstić information content (AvgIpc) is 2.47. The van der Waals surface area contributed by atoms with Gasteiger partial charge in [0.05, 0.1) is 10.6 Å². The fourth-order valence-electron chi connectivity index (χ4n) is 2.75. The van der Waals surface area contributed by atoms with Crippen LogP contribution in [0.5, 0.6) is 5.75 Å². The van der Waals surface area contributed by atoms with Gasteiger partial charge in [0.15, 0.2) is 0 Å². The molecule has 0 amide bonds. The minimum absolute atomic E-state index is 0.333. The van der Waals surface area contributed by atoms with E-state index in [4.69, 9.17) is 16.3 Å². The number of hydrogen-bond donors (Lipinski definition) is 2. The van der Waals surface area contributed by atoms with Gasteiger partial charge in [-0.15, -0.1) is 0 Å². The van der Waals surface area contributed by atoms with Crippen molar-refractivity contribution in [1.29, 1.82) is 0 Å². The molecule has 2 rings (SSSR count). The fourth-order valence-corrected chi connectivity index (χ4v) is 3.00. The monoisotopic (exact) mass is 311 g/mol. The summed E-state index contributed by atoms with van der Waals surface area (Å²) in [7, 11) is 0. The Morgan fingerprint density at radius 3 is 2.71 bits per heavy atom. The van der Waals surface area contributed by atoms with Crippen molar-refractivity contribution in [2.75, 3.05) is 13.2 Å². The minimum Gasteiger partial charge on any atom is -0.489 e. The lowest BCUT2D eigenvalue weighted by atomic mass is 9.85. The molecule has 0 unspecified atom stereocenters. The molecule has 1 aliphatic rings. The van der Waals surface area contributed by atoms with Crippen LogP contribution in [0, 0.1) is 0 Å². The molecular formula is C17H26ClNO2. The Labute approximate surface area is 132 Å². The Kier molecular flexibility index (Phi) is 6.34. The zero-order valence-electron chi connectivity index (χ0n) is 12.8. The summed E-state index contributed by atoms with van der Waals surface area (Å²) in [5.74, 6) is 0.662. The molecule has 0 aliphatic heterocycles. The molecule has 0 atom stereocenters. The zero-order valence-corrected chi connectivity index (χ0v) is 13.6. The van der Waals surface area contributed by atoms with Crippen molar-refractivity contribution in [2.45, 2.75) is 57.6 Å². The lowest BCUT2D eigenvalue weighted by molar-refractivity contribution is -0.0338. The summed E-state index contributed by atoms with van der Waals surface area (Å²) in [6.45, 7) is 4.30. The standard InChI is InChI=1S/C17H26ClNO2/c1-2-10-19-12-14-6-7-16(15(18)11-14)21-13-17(20)8-4-3-5-9-17/h6-7,11,19-20H,2-5,8-10,12-13H2,1H3. The molecule has 3 nitrogen and oxygen atoms in total. The Morgan fingerprint density at radius 2 is 2.05 bits per heavy atom. The van der Waals surface area contributed by atoms with Gasteiger partial charge in [-0.3, -0.25) is 0 Å². The van der Waals surface area contributed by atoms with Gasteiger partial charge in [0, 0.05) is 6.54 Å². The summed E-state index contributed by atoms with van der Waals surface area (Å²) in [5, 5.41) is 14.4. The van der Waals surface area contributed by atoms with E-state index >= 15 is 0 Å². The molecule has 0 saturated heterocycles. The molecule has 1 aromatic rings. The molecule has 2 N–H and O–H groups in total. The lowest BCUT2D eigenvalue weighted by Gasteiger charge is -2.31. The van der Waals surface area contributed by atoms with E-state index in [9.17, 15) is 5.11 Å². The highest BCUT2D eigenvalue weighted by Gasteiger charge is 2.30. The molecule has 0 spiro atoms. The number of hydrogen-bond acceptors (Lipinski definition) is 3. The molecule has 0 bridgehead atoms. The molecule has 0 heterocycles. The predicted octanol–water partition coefficient (Wildman–Crippen LogP) is 3.91. The van der Waals surface area contributed by atoms with Crippen molar-refractivity contribution in [3.8, 4) is 5.75 Å². The van der Waals surface area contributed by atoms with E-state index in [0.29, 0.717) is 17.4 Å². The van der Waals surface area contributed by atoms with Gasteiger partial charge in [0.2, 0.25) is 0 Å². The molecule has 1 aliphatic carbocycles. The summed E-state index contributed by atoms with van der Waals surface area (Å²) < 4.78 is 5.76. The largest absolute Gasteiger partial charge is 0.489 e. The SMILES string of the molecule is CCCNCc1ccc(OCC2(O)CCCCC2)c(Cl)c1. The van der Waals surface area contributed by atoms with E-state index in [1.807, 2.05) is 18.2 Å². The predicted molar refractivity (Wildman–Crippen MR) is 87.0 cm³/mol. The quantitative estimate of drug-likeness (QED) is 0.750. The molecular weight excluding hydrogens is 286 g/mol. The van der Waals surface area contributed by atoms with Gasteiger partial charge < -0.3 is 15.2 Å². The Bertz CT molecular complexity index is 444. The van der Waals surface area contributed by atoms with Crippen molar-refractivity contribution < 1.29 is 9.84 Å². The average molecular weight is 312 g/mol. The maximum Gasteiger partial charge on any atom is 0.138 e. The zero-order chi connectivity index (χ0) is 15.1. The highest BCUT2D eigenvalue weighted by molar-refractivity contribution is 6.32. The Balaban J connectivity index is 1.88. The second kappa shape index (κ2) is 8.02. The van der Waals surface area contributed by atoms with Crippen LogP contribution in [0.25, 0.3) is 0 Å². The Morgan fingerprint density at radius 1 is 1.29 bits per heavy atom. The third-order valence-corrected chi connectivity index (χ3v) is 4.33. The van der Waals surface area contributed by atoms with E-state index in [0.717, 1.165) is 50.8 Å². The molecule has 0 aromatic heterocycles. The molecule has 118 valence electrons. The molecule has 1 fully saturated rings. The molecule has 0 radical (unpaired) electrons. The van der Waals surface area contributed by atoms with Crippen LogP contribution in [0.15, 0.2) is 18.2 Å². The first kappa shape index (κ1) is 16.6. The highest BCUT2D eigenvalue weighted by Crippen LogP contribution is 2.31. The van der Waals surface area contributed by atoms with Crippen LogP contribution >= 0.6 is 11.6 Å². The first-order valence-electron chi connectivity index (χ1n) is 7.97. The van der Waals surface area contributed by atoms with Gasteiger partial charge in [0.25, 0.3) is 0 Å². The van der Waals surface area contributed by atoms with Crippen LogP contribution in [0.1, 0.15) is 51.0 Å². The number of nitrogens with one attached hydrogen (secondary N) is 1. The third kappa shape index (κ3) is 5.17. The maximum atomic E-state index is 10.4. The molecule has 1 aromatic carbocycles. The summed E-state index contributed by atoms with van der Waals surface area (Å²) in [6.07, 6.45) is 6.13. The molecule has 1 saturated carbocycles. The van der Waals surface area contributed by atoms with Crippen LogP contribution < -0.4 is 10.1 Å². The van der Waals surface area contributed by atoms with Crippen LogP contribution in [0.3, 0.4) is 0 Å². The summed E-state index contributed by atoms with van der Waals surface area (Å²) in [5.41, 5.74) is 0.473.